The van der Waals surface area contributed by atoms with Gasteiger partial charge < -0.3 is 9.67 Å². The molecule has 18 heavy (non-hydrogen) atoms. The number of carbonyl (C=O) groups is 1. The Morgan fingerprint density at radius 2 is 2.00 bits per heavy atom. The van der Waals surface area contributed by atoms with Crippen LogP contribution in [0.4, 0.5) is 0 Å². The van der Waals surface area contributed by atoms with Crippen molar-refractivity contribution < 1.29 is 9.90 Å². The predicted octanol–water partition coefficient (Wildman–Crippen LogP) is 3.11. The molecular weight excluding hydrogens is 226 g/mol. The number of aryl methyl sites for hydroxylation is 1. The number of ketones is 1. The summed E-state index contributed by atoms with van der Waals surface area (Å²) in [6, 6.07) is 5.52. The summed E-state index contributed by atoms with van der Waals surface area (Å²) in [6.45, 7) is 0. The molecule has 0 saturated heterocycles. The lowest BCUT2D eigenvalue weighted by atomic mass is 9.83. The van der Waals surface area contributed by atoms with Crippen LogP contribution in [0.25, 0.3) is 10.9 Å². The van der Waals surface area contributed by atoms with Crippen molar-refractivity contribution in [2.45, 2.75) is 31.6 Å². The number of benzene rings is 1. The van der Waals surface area contributed by atoms with Gasteiger partial charge in [-0.15, -0.1) is 0 Å². The zero-order valence-corrected chi connectivity index (χ0v) is 10.5. The lowest BCUT2D eigenvalue weighted by Crippen LogP contribution is -2.12. The van der Waals surface area contributed by atoms with E-state index in [4.69, 9.17) is 0 Å². The predicted molar refractivity (Wildman–Crippen MR) is 70.8 cm³/mol. The van der Waals surface area contributed by atoms with Crippen molar-refractivity contribution in [3.8, 4) is 5.75 Å². The zero-order chi connectivity index (χ0) is 12.7. The van der Waals surface area contributed by atoms with E-state index in [2.05, 4.69) is 10.8 Å². The Balaban J connectivity index is 2.04. The fourth-order valence-electron chi connectivity index (χ4n) is 2.98. The number of fused-ring (bicyclic) bond motifs is 1. The molecule has 1 heterocycles. The van der Waals surface area contributed by atoms with E-state index >= 15 is 0 Å². The van der Waals surface area contributed by atoms with Crippen molar-refractivity contribution in [1.29, 1.82) is 0 Å². The first kappa shape index (κ1) is 11.3. The van der Waals surface area contributed by atoms with E-state index in [0.717, 1.165) is 18.4 Å². The molecule has 1 saturated carbocycles. The first-order chi connectivity index (χ1) is 8.65. The number of phenolic OH excluding ortho intramolecular Hbond substituents is 1. The second kappa shape index (κ2) is 4.16. The van der Waals surface area contributed by atoms with Crippen LogP contribution < -0.4 is 0 Å². The van der Waals surface area contributed by atoms with E-state index in [0.29, 0.717) is 30.3 Å². The van der Waals surface area contributed by atoms with Gasteiger partial charge in [0.15, 0.2) is 0 Å². The van der Waals surface area contributed by atoms with Crippen molar-refractivity contribution >= 4 is 16.7 Å². The Morgan fingerprint density at radius 1 is 1.28 bits per heavy atom. The van der Waals surface area contributed by atoms with Gasteiger partial charge in [0.2, 0.25) is 0 Å². The smallest absolute Gasteiger partial charge is 0.132 e. The van der Waals surface area contributed by atoms with Crippen LogP contribution in [0.2, 0.25) is 0 Å². The van der Waals surface area contributed by atoms with Crippen molar-refractivity contribution in [2.75, 3.05) is 0 Å². The third-order valence-corrected chi connectivity index (χ3v) is 3.99. The van der Waals surface area contributed by atoms with Crippen molar-refractivity contribution in [2.24, 2.45) is 7.05 Å². The molecule has 3 nitrogen and oxygen atoms in total. The quantitative estimate of drug-likeness (QED) is 0.836. The summed E-state index contributed by atoms with van der Waals surface area (Å²) in [5, 5.41) is 10.8. The first-order valence-electron chi connectivity index (χ1n) is 6.45. The van der Waals surface area contributed by atoms with Gasteiger partial charge in [-0.3, -0.25) is 4.79 Å². The maximum absolute atomic E-state index is 11.3. The van der Waals surface area contributed by atoms with Crippen LogP contribution in [-0.4, -0.2) is 15.5 Å². The van der Waals surface area contributed by atoms with Gasteiger partial charge in [0, 0.05) is 37.5 Å². The number of hydrogen-bond donors (Lipinski definition) is 1. The Labute approximate surface area is 106 Å². The summed E-state index contributed by atoms with van der Waals surface area (Å²) in [6.07, 6.45) is 5.47. The summed E-state index contributed by atoms with van der Waals surface area (Å²) >= 11 is 0. The standard InChI is InChI=1S/C15H17NO2/c1-16-9-14(10-2-4-11(17)5-3-10)13-7-6-12(18)8-15(13)16/h6-10,18H,2-5H2,1H3. The molecule has 0 atom stereocenters. The van der Waals surface area contributed by atoms with Crippen LogP contribution in [0.1, 0.15) is 37.2 Å². The van der Waals surface area contributed by atoms with Crippen molar-refractivity contribution in [3.63, 3.8) is 0 Å². The molecule has 1 aliphatic carbocycles. The highest BCUT2D eigenvalue weighted by molar-refractivity contribution is 5.86. The molecule has 0 spiro atoms. The minimum atomic E-state index is 0.300. The minimum absolute atomic E-state index is 0.300. The molecule has 0 amide bonds. The van der Waals surface area contributed by atoms with E-state index < -0.39 is 0 Å². The highest BCUT2D eigenvalue weighted by Crippen LogP contribution is 2.36. The van der Waals surface area contributed by atoms with E-state index in [9.17, 15) is 9.90 Å². The Kier molecular flexibility index (Phi) is 2.62. The maximum Gasteiger partial charge on any atom is 0.132 e. The SMILES string of the molecule is Cn1cc(C2CCC(=O)CC2)c2ccc(O)cc21. The molecule has 1 N–H and O–H groups in total. The maximum atomic E-state index is 11.3. The van der Waals surface area contributed by atoms with Crippen LogP contribution in [0.15, 0.2) is 24.4 Å². The average Bonchev–Trinajstić information content (AvgIpc) is 2.68. The third kappa shape index (κ3) is 1.80. The molecule has 94 valence electrons. The number of Topliss-reactive ketones (excluding diaryl/α,β-unsaturated/α-hetero) is 1. The van der Waals surface area contributed by atoms with Crippen LogP contribution in [-0.2, 0) is 11.8 Å². The van der Waals surface area contributed by atoms with Gasteiger partial charge >= 0.3 is 0 Å². The average molecular weight is 243 g/mol. The van der Waals surface area contributed by atoms with E-state index in [1.807, 2.05) is 13.1 Å². The number of aromatic nitrogens is 1. The summed E-state index contributed by atoms with van der Waals surface area (Å²) in [7, 11) is 2.00. The largest absolute Gasteiger partial charge is 0.508 e. The Morgan fingerprint density at radius 3 is 2.72 bits per heavy atom. The lowest BCUT2D eigenvalue weighted by Gasteiger charge is -2.20. The number of aromatic hydroxyl groups is 1. The summed E-state index contributed by atoms with van der Waals surface area (Å²) < 4.78 is 2.06. The van der Waals surface area contributed by atoms with Gasteiger partial charge in [-0.25, -0.2) is 0 Å². The van der Waals surface area contributed by atoms with Gasteiger partial charge in [-0.2, -0.15) is 0 Å². The molecular formula is C15H17NO2. The lowest BCUT2D eigenvalue weighted by molar-refractivity contribution is -0.120. The van der Waals surface area contributed by atoms with Crippen LogP contribution in [0, 0.1) is 0 Å². The molecule has 0 unspecified atom stereocenters. The van der Waals surface area contributed by atoms with Gasteiger partial charge in [-0.05, 0) is 36.5 Å². The molecule has 0 bridgehead atoms. The van der Waals surface area contributed by atoms with E-state index in [-0.39, 0.29) is 0 Å². The van der Waals surface area contributed by atoms with Gasteiger partial charge in [-0.1, -0.05) is 0 Å². The molecule has 0 aliphatic heterocycles. The number of phenols is 1. The number of nitrogens with zero attached hydrogens (tertiary/aromatic N) is 1. The van der Waals surface area contributed by atoms with Gasteiger partial charge in [0.05, 0.1) is 5.52 Å². The summed E-state index contributed by atoms with van der Waals surface area (Å²) in [4.78, 5) is 11.3. The fraction of sp³-hybridized carbons (Fsp3) is 0.400. The number of hydrogen-bond acceptors (Lipinski definition) is 2. The fourth-order valence-corrected chi connectivity index (χ4v) is 2.98. The Hall–Kier alpha value is -1.77. The molecule has 2 aromatic rings. The molecule has 1 aromatic carbocycles. The summed E-state index contributed by atoms with van der Waals surface area (Å²) in [5.74, 6) is 1.18. The molecule has 1 aliphatic rings. The molecule has 3 rings (SSSR count). The monoisotopic (exact) mass is 243 g/mol. The molecule has 1 fully saturated rings. The van der Waals surface area contributed by atoms with Crippen molar-refractivity contribution in [1.82, 2.24) is 4.57 Å². The molecule has 3 heteroatoms. The van der Waals surface area contributed by atoms with Crippen LogP contribution >= 0.6 is 0 Å². The number of carbonyl (C=O) groups excluding carboxylic acids is 1. The molecule has 1 aromatic heterocycles. The topological polar surface area (TPSA) is 42.2 Å². The van der Waals surface area contributed by atoms with Crippen LogP contribution in [0.5, 0.6) is 5.75 Å². The second-order valence-corrected chi connectivity index (χ2v) is 5.21. The highest BCUT2D eigenvalue weighted by atomic mass is 16.3. The minimum Gasteiger partial charge on any atom is -0.508 e. The van der Waals surface area contributed by atoms with E-state index in [1.165, 1.54) is 10.9 Å². The number of rotatable bonds is 1. The van der Waals surface area contributed by atoms with Gasteiger partial charge in [0.1, 0.15) is 11.5 Å². The molecule has 0 radical (unpaired) electrons. The van der Waals surface area contributed by atoms with Crippen LogP contribution in [0.3, 0.4) is 0 Å². The first-order valence-corrected chi connectivity index (χ1v) is 6.45. The summed E-state index contributed by atoms with van der Waals surface area (Å²) in [5.41, 5.74) is 2.38. The normalized spacial score (nSPS) is 17.5. The second-order valence-electron chi connectivity index (χ2n) is 5.21. The Bertz CT molecular complexity index is 602. The van der Waals surface area contributed by atoms with Crippen molar-refractivity contribution in [3.05, 3.63) is 30.0 Å². The van der Waals surface area contributed by atoms with Gasteiger partial charge in [0.25, 0.3) is 0 Å². The highest BCUT2D eigenvalue weighted by Gasteiger charge is 2.23. The zero-order valence-electron chi connectivity index (χ0n) is 10.5. The van der Waals surface area contributed by atoms with E-state index in [1.54, 1.807) is 12.1 Å². The third-order valence-electron chi connectivity index (χ3n) is 3.99.